The van der Waals surface area contributed by atoms with E-state index < -0.39 is 12.2 Å². The number of rotatable bonds is 3. The smallest absolute Gasteiger partial charge is 0.395 e. The standard InChI is InChI=1S/C18H13F2N5O3/c19-18(20)27-13-5-4-11(7-14(13)28-18)23-16(26)10-3-1-2-9(6-10)12-8-15(21)25-17(22)24-12/h1-8H,(H,23,26)(H4,21,22,24,25). The minimum absolute atomic E-state index is 0.0158. The van der Waals surface area contributed by atoms with Crippen LogP contribution in [0.5, 0.6) is 11.5 Å². The largest absolute Gasteiger partial charge is 0.586 e. The molecule has 0 saturated heterocycles. The Bertz CT molecular complexity index is 1070. The van der Waals surface area contributed by atoms with Crippen LogP contribution in [0.3, 0.4) is 0 Å². The molecule has 0 spiro atoms. The number of fused-ring (bicyclic) bond motifs is 1. The first-order valence-electron chi connectivity index (χ1n) is 8.01. The van der Waals surface area contributed by atoms with Crippen LogP contribution in [0.1, 0.15) is 10.4 Å². The first-order chi connectivity index (χ1) is 13.3. The van der Waals surface area contributed by atoms with Crippen LogP contribution in [0.15, 0.2) is 48.5 Å². The summed E-state index contributed by atoms with van der Waals surface area (Å²) < 4.78 is 34.9. The number of nitrogens with one attached hydrogen (secondary N) is 1. The number of carbonyl (C=O) groups excluding carboxylic acids is 1. The number of halogens is 2. The fourth-order valence-corrected chi connectivity index (χ4v) is 2.68. The van der Waals surface area contributed by atoms with Crippen LogP contribution in [0.25, 0.3) is 11.3 Å². The number of hydrogen-bond acceptors (Lipinski definition) is 7. The lowest BCUT2D eigenvalue weighted by molar-refractivity contribution is -0.286. The Morgan fingerprint density at radius 2 is 1.79 bits per heavy atom. The monoisotopic (exact) mass is 385 g/mol. The molecule has 2 heterocycles. The van der Waals surface area contributed by atoms with Gasteiger partial charge in [-0.15, -0.1) is 8.78 Å². The Labute approximate surface area is 157 Å². The Kier molecular flexibility index (Phi) is 3.95. The van der Waals surface area contributed by atoms with Crippen molar-refractivity contribution in [1.29, 1.82) is 0 Å². The highest BCUT2D eigenvalue weighted by molar-refractivity contribution is 6.05. The SMILES string of the molecule is Nc1cc(-c2cccc(C(=O)Nc3ccc4c(c3)OC(F)(F)O4)c2)nc(N)n1. The summed E-state index contributed by atoms with van der Waals surface area (Å²) in [6.45, 7) is 0. The van der Waals surface area contributed by atoms with Gasteiger partial charge < -0.3 is 26.3 Å². The number of nitrogen functional groups attached to an aromatic ring is 2. The van der Waals surface area contributed by atoms with Crippen LogP contribution in [-0.2, 0) is 0 Å². The van der Waals surface area contributed by atoms with E-state index in [0.717, 1.165) is 0 Å². The van der Waals surface area contributed by atoms with E-state index in [1.54, 1.807) is 24.3 Å². The van der Waals surface area contributed by atoms with Gasteiger partial charge in [-0.3, -0.25) is 4.79 Å². The van der Waals surface area contributed by atoms with Crippen LogP contribution >= 0.6 is 0 Å². The maximum Gasteiger partial charge on any atom is 0.586 e. The lowest BCUT2D eigenvalue weighted by Gasteiger charge is -2.08. The summed E-state index contributed by atoms with van der Waals surface area (Å²) in [6.07, 6.45) is -3.72. The Morgan fingerprint density at radius 3 is 2.57 bits per heavy atom. The van der Waals surface area contributed by atoms with Gasteiger partial charge >= 0.3 is 6.29 Å². The zero-order valence-electron chi connectivity index (χ0n) is 14.1. The molecule has 0 bridgehead atoms. The molecule has 142 valence electrons. The number of benzene rings is 2. The zero-order chi connectivity index (χ0) is 19.9. The van der Waals surface area contributed by atoms with Crippen molar-refractivity contribution in [1.82, 2.24) is 9.97 Å². The van der Waals surface area contributed by atoms with Crippen molar-refractivity contribution < 1.29 is 23.0 Å². The third kappa shape index (κ3) is 3.47. The molecule has 0 radical (unpaired) electrons. The molecule has 1 aromatic heterocycles. The van der Waals surface area contributed by atoms with Crippen LogP contribution in [0, 0.1) is 0 Å². The highest BCUT2D eigenvalue weighted by Gasteiger charge is 2.43. The quantitative estimate of drug-likeness (QED) is 0.633. The maximum absolute atomic E-state index is 13.1. The summed E-state index contributed by atoms with van der Waals surface area (Å²) in [4.78, 5) is 20.4. The van der Waals surface area contributed by atoms with Gasteiger partial charge in [0.1, 0.15) is 5.82 Å². The molecule has 0 fully saturated rings. The minimum atomic E-state index is -3.72. The van der Waals surface area contributed by atoms with E-state index in [2.05, 4.69) is 24.8 Å². The first-order valence-corrected chi connectivity index (χ1v) is 8.01. The fourth-order valence-electron chi connectivity index (χ4n) is 2.68. The molecule has 3 aromatic rings. The van der Waals surface area contributed by atoms with Gasteiger partial charge in [-0.05, 0) is 24.3 Å². The van der Waals surface area contributed by atoms with Crippen LogP contribution in [-0.4, -0.2) is 22.2 Å². The number of nitrogens with zero attached hydrogens (tertiary/aromatic N) is 2. The van der Waals surface area contributed by atoms with Crippen LogP contribution < -0.4 is 26.3 Å². The molecule has 28 heavy (non-hydrogen) atoms. The van der Waals surface area contributed by atoms with Crippen LogP contribution in [0.2, 0.25) is 0 Å². The minimum Gasteiger partial charge on any atom is -0.395 e. The van der Waals surface area contributed by atoms with Gasteiger partial charge in [0.05, 0.1) is 5.69 Å². The van der Waals surface area contributed by atoms with Gasteiger partial charge in [-0.25, -0.2) is 4.98 Å². The van der Waals surface area contributed by atoms with Gasteiger partial charge in [-0.1, -0.05) is 12.1 Å². The van der Waals surface area contributed by atoms with Crippen molar-refractivity contribution in [3.8, 4) is 22.8 Å². The Hall–Kier alpha value is -3.95. The lowest BCUT2D eigenvalue weighted by atomic mass is 10.1. The molecule has 0 saturated carbocycles. The average Bonchev–Trinajstić information content (AvgIpc) is 2.94. The molecule has 8 nitrogen and oxygen atoms in total. The van der Waals surface area contributed by atoms with Crippen molar-refractivity contribution in [3.05, 3.63) is 54.1 Å². The van der Waals surface area contributed by atoms with Gasteiger partial charge in [0.2, 0.25) is 5.95 Å². The van der Waals surface area contributed by atoms with E-state index >= 15 is 0 Å². The molecular weight excluding hydrogens is 372 g/mol. The molecular formula is C18H13F2N5O3. The van der Waals surface area contributed by atoms with E-state index in [1.165, 1.54) is 24.3 Å². The van der Waals surface area contributed by atoms with E-state index in [4.69, 9.17) is 11.5 Å². The number of aromatic nitrogens is 2. The second-order valence-electron chi connectivity index (χ2n) is 5.90. The number of carbonyl (C=O) groups is 1. The summed E-state index contributed by atoms with van der Waals surface area (Å²) in [6, 6.07) is 12.1. The number of alkyl halides is 2. The topological polar surface area (TPSA) is 125 Å². The van der Waals surface area contributed by atoms with Gasteiger partial charge in [0.25, 0.3) is 5.91 Å². The van der Waals surface area contributed by atoms with Crippen LogP contribution in [0.4, 0.5) is 26.2 Å². The predicted octanol–water partition coefficient (Wildman–Crippen LogP) is 2.88. The summed E-state index contributed by atoms with van der Waals surface area (Å²) in [7, 11) is 0. The molecule has 2 aromatic carbocycles. The molecule has 1 aliphatic rings. The lowest BCUT2D eigenvalue weighted by Crippen LogP contribution is -2.25. The molecule has 0 atom stereocenters. The first kappa shape index (κ1) is 17.5. The summed E-state index contributed by atoms with van der Waals surface area (Å²) >= 11 is 0. The summed E-state index contributed by atoms with van der Waals surface area (Å²) in [5.74, 6) is -0.508. The molecule has 1 aliphatic heterocycles. The molecule has 0 unspecified atom stereocenters. The number of hydrogen-bond donors (Lipinski definition) is 3. The van der Waals surface area contributed by atoms with E-state index in [-0.39, 0.29) is 29.0 Å². The van der Waals surface area contributed by atoms with Crippen molar-refractivity contribution in [3.63, 3.8) is 0 Å². The number of anilines is 3. The number of ether oxygens (including phenoxy) is 2. The Balaban J connectivity index is 1.56. The molecule has 10 heteroatoms. The van der Waals surface area contributed by atoms with Gasteiger partial charge in [0, 0.05) is 28.9 Å². The highest BCUT2D eigenvalue weighted by atomic mass is 19.3. The third-order valence-corrected chi connectivity index (χ3v) is 3.84. The Morgan fingerprint density at radius 1 is 1.00 bits per heavy atom. The van der Waals surface area contributed by atoms with Crippen molar-refractivity contribution >= 4 is 23.4 Å². The molecule has 5 N–H and O–H groups in total. The van der Waals surface area contributed by atoms with Gasteiger partial charge in [-0.2, -0.15) is 4.98 Å². The maximum atomic E-state index is 13.1. The average molecular weight is 385 g/mol. The molecule has 0 aliphatic carbocycles. The second kappa shape index (κ2) is 6.34. The van der Waals surface area contributed by atoms with E-state index in [9.17, 15) is 13.6 Å². The van der Waals surface area contributed by atoms with E-state index in [1.807, 2.05) is 0 Å². The number of amides is 1. The molecule has 1 amide bonds. The molecule has 4 rings (SSSR count). The van der Waals surface area contributed by atoms with E-state index in [0.29, 0.717) is 16.8 Å². The van der Waals surface area contributed by atoms with Crippen molar-refractivity contribution in [2.24, 2.45) is 0 Å². The van der Waals surface area contributed by atoms with Crippen molar-refractivity contribution in [2.45, 2.75) is 6.29 Å². The predicted molar refractivity (Wildman–Crippen MR) is 96.9 cm³/mol. The van der Waals surface area contributed by atoms with Crippen molar-refractivity contribution in [2.75, 3.05) is 16.8 Å². The number of nitrogens with two attached hydrogens (primary N) is 2. The highest BCUT2D eigenvalue weighted by Crippen LogP contribution is 2.42. The van der Waals surface area contributed by atoms with Gasteiger partial charge in [0.15, 0.2) is 11.5 Å². The second-order valence-corrected chi connectivity index (χ2v) is 5.90. The summed E-state index contributed by atoms with van der Waals surface area (Å²) in [5.41, 5.74) is 12.9. The third-order valence-electron chi connectivity index (χ3n) is 3.84. The fraction of sp³-hybridized carbons (Fsp3) is 0.0556. The summed E-state index contributed by atoms with van der Waals surface area (Å²) in [5, 5.41) is 2.62. The zero-order valence-corrected chi connectivity index (χ0v) is 14.1. The normalized spacial score (nSPS) is 13.9.